The number of nitrogens with zero attached hydrogens (tertiary/aromatic N) is 1. The van der Waals surface area contributed by atoms with Gasteiger partial charge in [-0.3, -0.25) is 10.2 Å². The predicted molar refractivity (Wildman–Crippen MR) is 62.2 cm³/mol. The Morgan fingerprint density at radius 3 is 3.18 bits per heavy atom. The van der Waals surface area contributed by atoms with Gasteiger partial charge in [0.15, 0.2) is 0 Å². The zero-order valence-corrected chi connectivity index (χ0v) is 10.3. The maximum atomic E-state index is 11.2. The van der Waals surface area contributed by atoms with E-state index in [9.17, 15) is 4.79 Å². The van der Waals surface area contributed by atoms with Gasteiger partial charge in [-0.15, -0.1) is 0 Å². The summed E-state index contributed by atoms with van der Waals surface area (Å²) in [6, 6.07) is 0. The molecule has 2 heterocycles. The van der Waals surface area contributed by atoms with E-state index in [0.29, 0.717) is 11.6 Å². The van der Waals surface area contributed by atoms with Crippen LogP contribution in [0.15, 0.2) is 15.9 Å². The van der Waals surface area contributed by atoms with Crippen molar-refractivity contribution in [3.05, 3.63) is 12.0 Å². The van der Waals surface area contributed by atoms with E-state index in [1.807, 2.05) is 6.92 Å². The first kappa shape index (κ1) is 12.4. The van der Waals surface area contributed by atoms with Crippen molar-refractivity contribution in [2.24, 2.45) is 5.84 Å². The summed E-state index contributed by atoms with van der Waals surface area (Å²) >= 11 is 1.49. The van der Waals surface area contributed by atoms with Crippen molar-refractivity contribution in [2.75, 3.05) is 5.75 Å². The molecule has 0 aromatic carbocycles. The second-order valence-electron chi connectivity index (χ2n) is 3.90. The number of thioether (sulfide) groups is 1. The summed E-state index contributed by atoms with van der Waals surface area (Å²) in [6.45, 7) is 1.88. The van der Waals surface area contributed by atoms with Crippen LogP contribution in [-0.4, -0.2) is 28.9 Å². The first-order valence-electron chi connectivity index (χ1n) is 5.40. The molecule has 17 heavy (non-hydrogen) atoms. The summed E-state index contributed by atoms with van der Waals surface area (Å²) in [5, 5.41) is 0.637. The quantitative estimate of drug-likeness (QED) is 0.355. The Balaban J connectivity index is 1.76. The summed E-state index contributed by atoms with van der Waals surface area (Å²) in [4.78, 5) is 15.4. The van der Waals surface area contributed by atoms with Crippen molar-refractivity contribution in [1.82, 2.24) is 10.4 Å². The van der Waals surface area contributed by atoms with Crippen LogP contribution in [-0.2, 0) is 9.53 Å². The molecule has 6 nitrogen and oxygen atoms in total. The molecule has 1 fully saturated rings. The third-order valence-corrected chi connectivity index (χ3v) is 3.51. The number of carbonyl (C=O) groups excluding carboxylic acids is 1. The van der Waals surface area contributed by atoms with Gasteiger partial charge in [0.25, 0.3) is 11.1 Å². The highest BCUT2D eigenvalue weighted by atomic mass is 32.2. The van der Waals surface area contributed by atoms with Gasteiger partial charge < -0.3 is 9.15 Å². The molecule has 1 saturated heterocycles. The number of carbonyl (C=O) groups is 1. The average Bonchev–Trinajstić information content (AvgIpc) is 2.94. The highest BCUT2D eigenvalue weighted by molar-refractivity contribution is 7.99. The molecule has 2 atom stereocenters. The van der Waals surface area contributed by atoms with Gasteiger partial charge in [0.05, 0.1) is 11.8 Å². The van der Waals surface area contributed by atoms with E-state index in [0.717, 1.165) is 17.9 Å². The minimum absolute atomic E-state index is 0.0505. The summed E-state index contributed by atoms with van der Waals surface area (Å²) in [7, 11) is 0. The van der Waals surface area contributed by atoms with Gasteiger partial charge in [0, 0.05) is 5.75 Å². The number of hydrogen-bond acceptors (Lipinski definition) is 6. The fraction of sp³-hybridized carbons (Fsp3) is 0.600. The summed E-state index contributed by atoms with van der Waals surface area (Å²) < 4.78 is 10.8. The molecule has 0 saturated carbocycles. The second kappa shape index (κ2) is 5.52. The second-order valence-corrected chi connectivity index (χ2v) is 4.87. The van der Waals surface area contributed by atoms with E-state index >= 15 is 0 Å². The van der Waals surface area contributed by atoms with Crippen LogP contribution < -0.4 is 11.3 Å². The highest BCUT2D eigenvalue weighted by Gasteiger charge is 2.30. The number of nitrogens with two attached hydrogens (primary N) is 1. The Bertz CT molecular complexity index is 396. The lowest BCUT2D eigenvalue weighted by atomic mass is 10.2. The molecule has 0 aliphatic carbocycles. The Morgan fingerprint density at radius 2 is 2.53 bits per heavy atom. The van der Waals surface area contributed by atoms with Crippen LogP contribution in [0.5, 0.6) is 0 Å². The lowest BCUT2D eigenvalue weighted by molar-refractivity contribution is -0.131. The van der Waals surface area contributed by atoms with Gasteiger partial charge in [0.2, 0.25) is 0 Å². The Morgan fingerprint density at radius 1 is 1.71 bits per heavy atom. The van der Waals surface area contributed by atoms with Gasteiger partial charge in [-0.2, -0.15) is 0 Å². The maximum absolute atomic E-state index is 11.2. The van der Waals surface area contributed by atoms with E-state index < -0.39 is 6.10 Å². The average molecular weight is 257 g/mol. The van der Waals surface area contributed by atoms with Gasteiger partial charge in [0.1, 0.15) is 12.4 Å². The molecule has 1 aliphatic heterocycles. The number of ether oxygens (including phenoxy) is 1. The molecule has 1 aromatic rings. The van der Waals surface area contributed by atoms with E-state index in [1.54, 1.807) is 6.26 Å². The topological polar surface area (TPSA) is 90.4 Å². The van der Waals surface area contributed by atoms with E-state index in [-0.39, 0.29) is 12.0 Å². The van der Waals surface area contributed by atoms with Crippen LogP contribution in [0.25, 0.3) is 0 Å². The first-order valence-corrected chi connectivity index (χ1v) is 6.38. The number of hydrazine groups is 1. The molecule has 94 valence electrons. The number of nitrogens with one attached hydrogen (secondary N) is 1. The van der Waals surface area contributed by atoms with Crippen LogP contribution in [0.3, 0.4) is 0 Å². The van der Waals surface area contributed by atoms with Crippen LogP contribution >= 0.6 is 11.8 Å². The molecule has 1 aliphatic rings. The number of amides is 1. The standard InChI is InChI=1S/C10H15N3O3S/c1-6-4-15-10(12-6)17-5-7-2-3-8(16-7)9(14)13-11/h4,7-8H,2-3,5,11H2,1H3,(H,13,14). The molecule has 0 radical (unpaired) electrons. The normalized spacial score (nSPS) is 23.9. The molecule has 2 unspecified atom stereocenters. The first-order chi connectivity index (χ1) is 8.19. The summed E-state index contributed by atoms with van der Waals surface area (Å²) in [5.41, 5.74) is 2.96. The molecule has 1 aromatic heterocycles. The predicted octanol–water partition coefficient (Wildman–Crippen LogP) is 0.613. The fourth-order valence-corrected chi connectivity index (χ4v) is 2.58. The van der Waals surface area contributed by atoms with Gasteiger partial charge in [-0.25, -0.2) is 10.8 Å². The molecular formula is C10H15N3O3S. The van der Waals surface area contributed by atoms with Gasteiger partial charge in [-0.05, 0) is 19.8 Å². The summed E-state index contributed by atoms with van der Waals surface area (Å²) in [5.74, 6) is 5.53. The molecular weight excluding hydrogens is 242 g/mol. The molecule has 0 spiro atoms. The Labute approximate surface area is 103 Å². The van der Waals surface area contributed by atoms with Crippen molar-refractivity contribution in [1.29, 1.82) is 0 Å². The van der Waals surface area contributed by atoms with Crippen molar-refractivity contribution in [3.8, 4) is 0 Å². The van der Waals surface area contributed by atoms with Crippen LogP contribution in [0.4, 0.5) is 0 Å². The third-order valence-electron chi connectivity index (χ3n) is 2.53. The van der Waals surface area contributed by atoms with Gasteiger partial charge >= 0.3 is 0 Å². The largest absolute Gasteiger partial charge is 0.440 e. The number of rotatable bonds is 4. The zero-order valence-electron chi connectivity index (χ0n) is 9.51. The number of hydrogen-bond donors (Lipinski definition) is 2. The Kier molecular flexibility index (Phi) is 4.03. The van der Waals surface area contributed by atoms with Gasteiger partial charge in [-0.1, -0.05) is 11.8 Å². The van der Waals surface area contributed by atoms with E-state index in [4.69, 9.17) is 15.0 Å². The molecule has 1 amide bonds. The monoisotopic (exact) mass is 257 g/mol. The molecule has 7 heteroatoms. The molecule has 0 bridgehead atoms. The zero-order chi connectivity index (χ0) is 12.3. The fourth-order valence-electron chi connectivity index (χ4n) is 1.68. The molecule has 3 N–H and O–H groups in total. The molecule has 2 rings (SSSR count). The van der Waals surface area contributed by atoms with Crippen molar-refractivity contribution < 1.29 is 13.9 Å². The number of oxazole rings is 1. The number of aromatic nitrogens is 1. The highest BCUT2D eigenvalue weighted by Crippen LogP contribution is 2.26. The van der Waals surface area contributed by atoms with Crippen molar-refractivity contribution >= 4 is 17.7 Å². The number of aryl methyl sites for hydroxylation is 1. The lowest BCUT2D eigenvalue weighted by Crippen LogP contribution is -2.39. The third kappa shape index (κ3) is 3.21. The summed E-state index contributed by atoms with van der Waals surface area (Å²) in [6.07, 6.45) is 2.80. The smallest absolute Gasteiger partial charge is 0.263 e. The Hall–Kier alpha value is -1.05. The van der Waals surface area contributed by atoms with Crippen molar-refractivity contribution in [2.45, 2.75) is 37.2 Å². The minimum atomic E-state index is -0.420. The van der Waals surface area contributed by atoms with Crippen molar-refractivity contribution in [3.63, 3.8) is 0 Å². The van der Waals surface area contributed by atoms with Crippen LogP contribution in [0, 0.1) is 6.92 Å². The lowest BCUT2D eigenvalue weighted by Gasteiger charge is -2.10. The SMILES string of the molecule is Cc1coc(SCC2CCC(C(=O)NN)O2)n1. The van der Waals surface area contributed by atoms with E-state index in [1.165, 1.54) is 11.8 Å². The van der Waals surface area contributed by atoms with Crippen LogP contribution in [0.1, 0.15) is 18.5 Å². The minimum Gasteiger partial charge on any atom is -0.440 e. The van der Waals surface area contributed by atoms with Crippen LogP contribution in [0.2, 0.25) is 0 Å². The maximum Gasteiger partial charge on any atom is 0.263 e. The van der Waals surface area contributed by atoms with E-state index in [2.05, 4.69) is 10.4 Å².